The lowest BCUT2D eigenvalue weighted by atomic mass is 10.0. The predicted octanol–water partition coefficient (Wildman–Crippen LogP) is 23.5. The largest absolute Gasteiger partial charge is 0.462 e. The van der Waals surface area contributed by atoms with Crippen LogP contribution in [0.5, 0.6) is 0 Å². The molecule has 0 heterocycles. The van der Waals surface area contributed by atoms with E-state index in [9.17, 15) is 14.4 Å². The topological polar surface area (TPSA) is 78.9 Å². The molecule has 0 N–H and O–H groups in total. The highest BCUT2D eigenvalue weighted by atomic mass is 16.6. The number of allylic oxidation sites excluding steroid dienone is 10. The van der Waals surface area contributed by atoms with E-state index in [1.165, 1.54) is 231 Å². The molecule has 0 bridgehead atoms. The minimum atomic E-state index is -0.781. The maximum Gasteiger partial charge on any atom is 0.306 e. The van der Waals surface area contributed by atoms with Crippen molar-refractivity contribution in [2.45, 2.75) is 367 Å². The molecule has 0 radical (unpaired) electrons. The third-order valence-electron chi connectivity index (χ3n) is 15.3. The number of hydrogen-bond donors (Lipinski definition) is 0. The summed E-state index contributed by atoms with van der Waals surface area (Å²) in [5, 5.41) is 0. The van der Waals surface area contributed by atoms with Gasteiger partial charge in [-0.2, -0.15) is 0 Å². The van der Waals surface area contributed by atoms with E-state index in [0.29, 0.717) is 19.3 Å². The van der Waals surface area contributed by atoms with Crippen molar-refractivity contribution in [2.24, 2.45) is 0 Å². The van der Waals surface area contributed by atoms with Crippen molar-refractivity contribution >= 4 is 17.9 Å². The van der Waals surface area contributed by atoms with Crippen LogP contribution in [0, 0.1) is 0 Å². The molecule has 0 aromatic heterocycles. The van der Waals surface area contributed by atoms with Crippen molar-refractivity contribution < 1.29 is 28.6 Å². The molecule has 0 fully saturated rings. The van der Waals surface area contributed by atoms with E-state index in [4.69, 9.17) is 14.2 Å². The second kappa shape index (κ2) is 66.6. The van der Waals surface area contributed by atoms with E-state index in [1.54, 1.807) is 0 Å². The van der Waals surface area contributed by atoms with Crippen molar-refractivity contribution in [3.05, 3.63) is 60.8 Å². The Morgan fingerprint density at radius 2 is 0.500 bits per heavy atom. The zero-order valence-corrected chi connectivity index (χ0v) is 52.2. The first-order chi connectivity index (χ1) is 38.5. The van der Waals surface area contributed by atoms with Crippen molar-refractivity contribution in [3.63, 3.8) is 0 Å². The average Bonchev–Trinajstić information content (AvgIpc) is 3.44. The van der Waals surface area contributed by atoms with Crippen LogP contribution in [-0.2, 0) is 28.6 Å². The molecular formula is C72H130O6. The summed E-state index contributed by atoms with van der Waals surface area (Å²) in [7, 11) is 0. The Morgan fingerprint density at radius 1 is 0.269 bits per heavy atom. The summed E-state index contributed by atoms with van der Waals surface area (Å²) in [4.78, 5) is 38.4. The van der Waals surface area contributed by atoms with Gasteiger partial charge in [0.1, 0.15) is 13.2 Å². The molecule has 0 aromatic rings. The number of ether oxygens (including phenoxy) is 3. The third kappa shape index (κ3) is 63.9. The fourth-order valence-corrected chi connectivity index (χ4v) is 10.1. The van der Waals surface area contributed by atoms with Crippen molar-refractivity contribution in [2.75, 3.05) is 13.2 Å². The third-order valence-corrected chi connectivity index (χ3v) is 15.3. The first kappa shape index (κ1) is 75.1. The van der Waals surface area contributed by atoms with Crippen LogP contribution in [0.15, 0.2) is 60.8 Å². The van der Waals surface area contributed by atoms with Crippen LogP contribution in [0.1, 0.15) is 361 Å². The Morgan fingerprint density at radius 3 is 0.808 bits per heavy atom. The van der Waals surface area contributed by atoms with Crippen molar-refractivity contribution in [3.8, 4) is 0 Å². The molecule has 1 atom stereocenters. The van der Waals surface area contributed by atoms with Gasteiger partial charge in [-0.1, -0.05) is 319 Å². The summed E-state index contributed by atoms with van der Waals surface area (Å²) in [6.45, 7) is 6.56. The summed E-state index contributed by atoms with van der Waals surface area (Å²) in [6, 6.07) is 0. The number of rotatable bonds is 63. The number of hydrogen-bond acceptors (Lipinski definition) is 6. The van der Waals surface area contributed by atoms with Crippen molar-refractivity contribution in [1.29, 1.82) is 0 Å². The van der Waals surface area contributed by atoms with Crippen LogP contribution >= 0.6 is 0 Å². The highest BCUT2D eigenvalue weighted by Gasteiger charge is 2.19. The minimum Gasteiger partial charge on any atom is -0.462 e. The summed E-state index contributed by atoms with van der Waals surface area (Å²) in [5.74, 6) is -0.867. The maximum absolute atomic E-state index is 12.9. The van der Waals surface area contributed by atoms with Gasteiger partial charge < -0.3 is 14.2 Å². The van der Waals surface area contributed by atoms with Gasteiger partial charge in [0.2, 0.25) is 0 Å². The smallest absolute Gasteiger partial charge is 0.306 e. The van der Waals surface area contributed by atoms with E-state index in [1.807, 2.05) is 0 Å². The number of carbonyl (C=O) groups is 3. The van der Waals surface area contributed by atoms with Crippen LogP contribution in [-0.4, -0.2) is 37.2 Å². The Labute approximate surface area is 485 Å². The molecule has 0 rings (SSSR count). The van der Waals surface area contributed by atoms with Gasteiger partial charge in [-0.3, -0.25) is 14.4 Å². The molecule has 6 heteroatoms. The van der Waals surface area contributed by atoms with Crippen molar-refractivity contribution in [1.82, 2.24) is 0 Å². The number of carbonyl (C=O) groups excluding carboxylic acids is 3. The first-order valence-corrected chi connectivity index (χ1v) is 34.3. The number of unbranched alkanes of at least 4 members (excludes halogenated alkanes) is 42. The molecule has 78 heavy (non-hydrogen) atoms. The van der Waals surface area contributed by atoms with Crippen LogP contribution in [0.4, 0.5) is 0 Å². The lowest BCUT2D eigenvalue weighted by Gasteiger charge is -2.18. The highest BCUT2D eigenvalue weighted by Crippen LogP contribution is 2.18. The Balaban J connectivity index is 4.31. The van der Waals surface area contributed by atoms with Crippen LogP contribution < -0.4 is 0 Å². The molecule has 0 saturated heterocycles. The molecule has 0 amide bonds. The van der Waals surface area contributed by atoms with Gasteiger partial charge in [-0.25, -0.2) is 0 Å². The summed E-state index contributed by atoms with van der Waals surface area (Å²) < 4.78 is 17.0. The zero-order chi connectivity index (χ0) is 56.4. The minimum absolute atomic E-state index is 0.0755. The lowest BCUT2D eigenvalue weighted by Crippen LogP contribution is -2.30. The van der Waals surface area contributed by atoms with Gasteiger partial charge in [0.15, 0.2) is 6.10 Å². The molecule has 454 valence electrons. The molecule has 0 aliphatic heterocycles. The molecule has 1 unspecified atom stereocenters. The van der Waals surface area contributed by atoms with Gasteiger partial charge in [-0.15, -0.1) is 0 Å². The fourth-order valence-electron chi connectivity index (χ4n) is 10.1. The molecule has 0 aliphatic rings. The molecular weight excluding hydrogens is 961 g/mol. The quantitative estimate of drug-likeness (QED) is 0.0261. The second-order valence-electron chi connectivity index (χ2n) is 23.1. The summed E-state index contributed by atoms with van der Waals surface area (Å²) in [6.07, 6.45) is 85.2. The van der Waals surface area contributed by atoms with Gasteiger partial charge in [0.25, 0.3) is 0 Å². The highest BCUT2D eigenvalue weighted by molar-refractivity contribution is 5.71. The van der Waals surface area contributed by atoms with Gasteiger partial charge in [-0.05, 0) is 83.5 Å². The monoisotopic (exact) mass is 1090 g/mol. The summed E-state index contributed by atoms with van der Waals surface area (Å²) >= 11 is 0. The van der Waals surface area contributed by atoms with E-state index < -0.39 is 6.10 Å². The summed E-state index contributed by atoms with van der Waals surface area (Å²) in [5.41, 5.74) is 0. The first-order valence-electron chi connectivity index (χ1n) is 34.3. The SMILES string of the molecule is CC/C=C\C/C=C\C/C=C\CCCCCCCCCC(=O)OCC(COC(=O)CCCCCCCCCCCCCCCCCCCCCCCCCC)OC(=O)CCCCCCCCCCC/C=C\C/C=C\CCCCC. The van der Waals surface area contributed by atoms with E-state index >= 15 is 0 Å². The molecule has 0 aromatic carbocycles. The number of esters is 3. The van der Waals surface area contributed by atoms with Gasteiger partial charge >= 0.3 is 17.9 Å². The van der Waals surface area contributed by atoms with Crippen LogP contribution in [0.25, 0.3) is 0 Å². The van der Waals surface area contributed by atoms with E-state index in [2.05, 4.69) is 81.5 Å². The Hall–Kier alpha value is -2.89. The maximum atomic E-state index is 12.9. The predicted molar refractivity (Wildman–Crippen MR) is 339 cm³/mol. The van der Waals surface area contributed by atoms with E-state index in [0.717, 1.165) is 89.9 Å². The van der Waals surface area contributed by atoms with E-state index in [-0.39, 0.29) is 31.1 Å². The second-order valence-corrected chi connectivity index (χ2v) is 23.1. The molecule has 0 aliphatic carbocycles. The normalized spacial score (nSPS) is 12.4. The standard InChI is InChI=1S/C72H130O6/c1-4-7-10-13-16-19-22-25-28-31-33-34-35-36-37-39-41-44-47-50-53-56-59-62-65-71(74)77-68-69(67-76-70(73)64-61-58-55-52-49-46-43-40-30-27-24-21-18-15-12-9-6-3)78-72(75)66-63-60-57-54-51-48-45-42-38-32-29-26-23-20-17-14-11-8-5-2/h9,12,17-18,20-21,26-27,29-30,69H,4-8,10-11,13-16,19,22-25,28,31-68H2,1-3H3/b12-9-,20-17-,21-18-,29-26-,30-27-. The molecule has 0 spiro atoms. The van der Waals surface area contributed by atoms with Crippen LogP contribution in [0.3, 0.4) is 0 Å². The Kier molecular flexibility index (Phi) is 64.2. The van der Waals surface area contributed by atoms with Gasteiger partial charge in [0, 0.05) is 19.3 Å². The average molecular weight is 1090 g/mol. The zero-order valence-electron chi connectivity index (χ0n) is 52.2. The Bertz CT molecular complexity index is 1390. The van der Waals surface area contributed by atoms with Gasteiger partial charge in [0.05, 0.1) is 0 Å². The lowest BCUT2D eigenvalue weighted by molar-refractivity contribution is -0.167. The molecule has 6 nitrogen and oxygen atoms in total. The fraction of sp³-hybridized carbons (Fsp3) is 0.819. The van der Waals surface area contributed by atoms with Crippen LogP contribution in [0.2, 0.25) is 0 Å². The molecule has 0 saturated carbocycles.